The summed E-state index contributed by atoms with van der Waals surface area (Å²) in [6.07, 6.45) is -0.792. The third-order valence-corrected chi connectivity index (χ3v) is 2.41. The molecule has 0 spiro atoms. The molecule has 1 rings (SSSR count). The van der Waals surface area contributed by atoms with E-state index in [1.165, 1.54) is 4.90 Å². The molecule has 1 aromatic rings. The molecule has 0 aliphatic heterocycles. The van der Waals surface area contributed by atoms with E-state index in [1.807, 2.05) is 0 Å². The maximum atomic E-state index is 12.2. The Bertz CT molecular complexity index is 366. The van der Waals surface area contributed by atoms with Crippen molar-refractivity contribution in [2.45, 2.75) is 6.43 Å². The van der Waals surface area contributed by atoms with E-state index in [-0.39, 0.29) is 25.5 Å². The number of ketones is 1. The summed E-state index contributed by atoms with van der Waals surface area (Å²) >= 11 is 0. The molecule has 1 heterocycles. The number of aromatic nitrogens is 1. The van der Waals surface area contributed by atoms with E-state index in [1.54, 1.807) is 29.9 Å². The number of hydrogen-bond donors (Lipinski definition) is 1. The van der Waals surface area contributed by atoms with E-state index in [9.17, 15) is 13.6 Å². The summed E-state index contributed by atoms with van der Waals surface area (Å²) in [5.74, 6) is -0.230. The van der Waals surface area contributed by atoms with Gasteiger partial charge in [-0.15, -0.1) is 0 Å². The SMILES string of the molecule is Cn1cccc1C(=O)CN(CCO)CC(F)F. The van der Waals surface area contributed by atoms with E-state index < -0.39 is 13.0 Å². The minimum atomic E-state index is -2.51. The monoisotopic (exact) mass is 246 g/mol. The topological polar surface area (TPSA) is 45.5 Å². The molecule has 17 heavy (non-hydrogen) atoms. The highest BCUT2D eigenvalue weighted by Gasteiger charge is 2.17. The zero-order chi connectivity index (χ0) is 12.8. The number of rotatable bonds is 7. The number of aliphatic hydroxyl groups excluding tert-OH is 1. The molecular formula is C11H16F2N2O2. The van der Waals surface area contributed by atoms with Gasteiger partial charge in [-0.25, -0.2) is 8.78 Å². The second-order valence-electron chi connectivity index (χ2n) is 3.78. The lowest BCUT2D eigenvalue weighted by atomic mass is 10.2. The van der Waals surface area contributed by atoms with Crippen LogP contribution in [0.4, 0.5) is 8.78 Å². The molecule has 1 N–H and O–H groups in total. The average molecular weight is 246 g/mol. The highest BCUT2D eigenvalue weighted by atomic mass is 19.3. The third kappa shape index (κ3) is 4.24. The Morgan fingerprint density at radius 1 is 1.59 bits per heavy atom. The van der Waals surface area contributed by atoms with Gasteiger partial charge in [0.15, 0.2) is 5.78 Å². The van der Waals surface area contributed by atoms with Gasteiger partial charge < -0.3 is 9.67 Å². The van der Waals surface area contributed by atoms with Crippen LogP contribution in [-0.2, 0) is 7.05 Å². The van der Waals surface area contributed by atoms with Crippen LogP contribution in [0.3, 0.4) is 0 Å². The van der Waals surface area contributed by atoms with Crippen molar-refractivity contribution in [1.29, 1.82) is 0 Å². The van der Waals surface area contributed by atoms with Gasteiger partial charge in [-0.2, -0.15) is 0 Å². The highest BCUT2D eigenvalue weighted by Crippen LogP contribution is 2.04. The lowest BCUT2D eigenvalue weighted by Crippen LogP contribution is -2.36. The van der Waals surface area contributed by atoms with Crippen LogP contribution < -0.4 is 0 Å². The van der Waals surface area contributed by atoms with Crippen molar-refractivity contribution >= 4 is 5.78 Å². The number of nitrogens with zero attached hydrogens (tertiary/aromatic N) is 2. The maximum Gasteiger partial charge on any atom is 0.251 e. The highest BCUT2D eigenvalue weighted by molar-refractivity contribution is 5.96. The van der Waals surface area contributed by atoms with Crippen molar-refractivity contribution in [1.82, 2.24) is 9.47 Å². The lowest BCUT2D eigenvalue weighted by Gasteiger charge is -2.19. The van der Waals surface area contributed by atoms with Gasteiger partial charge in [-0.1, -0.05) is 0 Å². The summed E-state index contributed by atoms with van der Waals surface area (Å²) in [7, 11) is 1.72. The average Bonchev–Trinajstić information content (AvgIpc) is 2.63. The molecule has 96 valence electrons. The van der Waals surface area contributed by atoms with Gasteiger partial charge in [-0.3, -0.25) is 9.69 Å². The van der Waals surface area contributed by atoms with Crippen LogP contribution in [0.15, 0.2) is 18.3 Å². The molecule has 0 saturated heterocycles. The predicted molar refractivity (Wildman–Crippen MR) is 59.3 cm³/mol. The zero-order valence-electron chi connectivity index (χ0n) is 9.64. The molecule has 0 aromatic carbocycles. The molecule has 0 radical (unpaired) electrons. The minimum Gasteiger partial charge on any atom is -0.395 e. The smallest absolute Gasteiger partial charge is 0.251 e. The minimum absolute atomic E-state index is 0.0699. The summed E-state index contributed by atoms with van der Waals surface area (Å²) in [6, 6.07) is 3.36. The maximum absolute atomic E-state index is 12.2. The Balaban J connectivity index is 2.61. The summed E-state index contributed by atoms with van der Waals surface area (Å²) < 4.78 is 26.1. The van der Waals surface area contributed by atoms with Gasteiger partial charge in [-0.05, 0) is 12.1 Å². The summed E-state index contributed by atoms with van der Waals surface area (Å²) in [6.45, 7) is -0.785. The van der Waals surface area contributed by atoms with Gasteiger partial charge in [0.1, 0.15) is 0 Å². The number of aryl methyl sites for hydroxylation is 1. The van der Waals surface area contributed by atoms with Gasteiger partial charge in [0, 0.05) is 19.8 Å². The quantitative estimate of drug-likeness (QED) is 0.723. The molecule has 0 bridgehead atoms. The number of carbonyl (C=O) groups excluding carboxylic acids is 1. The van der Waals surface area contributed by atoms with E-state index in [2.05, 4.69) is 0 Å². The van der Waals surface area contributed by atoms with Crippen molar-refractivity contribution < 1.29 is 18.7 Å². The molecule has 0 aliphatic carbocycles. The van der Waals surface area contributed by atoms with E-state index in [4.69, 9.17) is 5.11 Å². The Morgan fingerprint density at radius 3 is 2.76 bits per heavy atom. The van der Waals surface area contributed by atoms with Crippen LogP contribution in [0, 0.1) is 0 Å². The molecule has 4 nitrogen and oxygen atoms in total. The number of hydrogen-bond acceptors (Lipinski definition) is 3. The molecular weight excluding hydrogens is 230 g/mol. The first kappa shape index (κ1) is 13.8. The number of Topliss-reactive ketones (excluding diaryl/α,β-unsaturated/α-hetero) is 1. The lowest BCUT2D eigenvalue weighted by molar-refractivity contribution is 0.0685. The molecule has 0 atom stereocenters. The van der Waals surface area contributed by atoms with Crippen LogP contribution in [0.1, 0.15) is 10.5 Å². The zero-order valence-corrected chi connectivity index (χ0v) is 9.64. The van der Waals surface area contributed by atoms with E-state index in [0.29, 0.717) is 5.69 Å². The predicted octanol–water partition coefficient (Wildman–Crippen LogP) is 0.767. The van der Waals surface area contributed by atoms with Crippen molar-refractivity contribution in [2.75, 3.05) is 26.2 Å². The number of alkyl halides is 2. The molecule has 0 unspecified atom stereocenters. The van der Waals surface area contributed by atoms with Crippen molar-refractivity contribution in [3.63, 3.8) is 0 Å². The van der Waals surface area contributed by atoms with Crippen LogP contribution >= 0.6 is 0 Å². The van der Waals surface area contributed by atoms with Gasteiger partial charge >= 0.3 is 0 Å². The Kier molecular flexibility index (Phi) is 5.24. The van der Waals surface area contributed by atoms with Crippen molar-refractivity contribution in [2.24, 2.45) is 7.05 Å². The van der Waals surface area contributed by atoms with Crippen molar-refractivity contribution in [3.8, 4) is 0 Å². The Morgan fingerprint density at radius 2 is 2.29 bits per heavy atom. The Hall–Kier alpha value is -1.27. The van der Waals surface area contributed by atoms with Crippen molar-refractivity contribution in [3.05, 3.63) is 24.0 Å². The molecule has 0 fully saturated rings. The number of carbonyl (C=O) groups is 1. The summed E-state index contributed by atoms with van der Waals surface area (Å²) in [5, 5.41) is 8.74. The fourth-order valence-corrected chi connectivity index (χ4v) is 1.61. The second kappa shape index (κ2) is 6.46. The van der Waals surface area contributed by atoms with Crippen LogP contribution in [0.25, 0.3) is 0 Å². The fourth-order valence-electron chi connectivity index (χ4n) is 1.61. The molecule has 0 aliphatic rings. The second-order valence-corrected chi connectivity index (χ2v) is 3.78. The summed E-state index contributed by atoms with van der Waals surface area (Å²) in [5.41, 5.74) is 0.474. The largest absolute Gasteiger partial charge is 0.395 e. The molecule has 6 heteroatoms. The first-order chi connectivity index (χ1) is 8.04. The first-order valence-corrected chi connectivity index (χ1v) is 5.30. The molecule has 0 amide bonds. The van der Waals surface area contributed by atoms with E-state index in [0.717, 1.165) is 0 Å². The molecule has 1 aromatic heterocycles. The fraction of sp³-hybridized carbons (Fsp3) is 0.545. The van der Waals surface area contributed by atoms with Gasteiger partial charge in [0.2, 0.25) is 0 Å². The number of halogens is 2. The van der Waals surface area contributed by atoms with Crippen LogP contribution in [0.5, 0.6) is 0 Å². The molecule has 0 saturated carbocycles. The van der Waals surface area contributed by atoms with Gasteiger partial charge in [0.25, 0.3) is 6.43 Å². The summed E-state index contributed by atoms with van der Waals surface area (Å²) in [4.78, 5) is 13.1. The van der Waals surface area contributed by atoms with E-state index >= 15 is 0 Å². The number of aliphatic hydroxyl groups is 1. The third-order valence-electron chi connectivity index (χ3n) is 2.41. The Labute approximate surface area is 98.5 Å². The normalized spacial score (nSPS) is 11.4. The first-order valence-electron chi connectivity index (χ1n) is 5.30. The standard InChI is InChI=1S/C11H16F2N2O2/c1-14-4-2-3-9(14)10(17)7-15(5-6-16)8-11(12)13/h2-4,11,16H,5-8H2,1H3. The van der Waals surface area contributed by atoms with Crippen LogP contribution in [-0.4, -0.2) is 53.0 Å². The van der Waals surface area contributed by atoms with Gasteiger partial charge in [0.05, 0.1) is 25.4 Å². The van der Waals surface area contributed by atoms with Crippen LogP contribution in [0.2, 0.25) is 0 Å².